The summed E-state index contributed by atoms with van der Waals surface area (Å²) in [6, 6.07) is 16.4. The number of fused-ring (bicyclic) bond motifs is 3. The van der Waals surface area contributed by atoms with E-state index in [1.165, 1.54) is 11.1 Å². The molecule has 0 spiro atoms. The van der Waals surface area contributed by atoms with E-state index in [2.05, 4.69) is 29.6 Å². The SMILES string of the molecule is CC(CCNC(=O)OCC1c2ccccc2-c2ccccc21)CC(=O)N1CCOCC(C(=O)O)C1. The van der Waals surface area contributed by atoms with Gasteiger partial charge in [-0.15, -0.1) is 0 Å². The second kappa shape index (κ2) is 11.4. The molecule has 8 heteroatoms. The standard InChI is InChI=1S/C27H32N2O6/c1-18(14-25(30)29-12-13-34-16-19(15-29)26(31)32)10-11-28-27(33)35-17-24-22-8-4-2-6-20(22)21-7-3-5-9-23(21)24/h2-9,18-19,24H,10-17H2,1H3,(H,28,33)(H,31,32). The molecule has 1 heterocycles. The smallest absolute Gasteiger partial charge is 0.407 e. The Kier molecular flexibility index (Phi) is 8.02. The van der Waals surface area contributed by atoms with Crippen LogP contribution in [0, 0.1) is 11.8 Å². The molecular formula is C27H32N2O6. The van der Waals surface area contributed by atoms with Crippen LogP contribution in [-0.2, 0) is 19.1 Å². The molecular weight excluding hydrogens is 448 g/mol. The summed E-state index contributed by atoms with van der Waals surface area (Å²) in [5.41, 5.74) is 4.69. The third-order valence-corrected chi connectivity index (χ3v) is 6.74. The first kappa shape index (κ1) is 24.7. The molecule has 1 fully saturated rings. The quantitative estimate of drug-likeness (QED) is 0.599. The number of hydrogen-bond donors (Lipinski definition) is 2. The van der Waals surface area contributed by atoms with Gasteiger partial charge in [-0.1, -0.05) is 55.5 Å². The molecule has 1 saturated heterocycles. The molecule has 2 aromatic carbocycles. The largest absolute Gasteiger partial charge is 0.481 e. The molecule has 2 aromatic rings. The van der Waals surface area contributed by atoms with Gasteiger partial charge in [0.2, 0.25) is 5.91 Å². The van der Waals surface area contributed by atoms with Crippen LogP contribution in [0.25, 0.3) is 11.1 Å². The lowest BCUT2D eigenvalue weighted by molar-refractivity contribution is -0.144. The van der Waals surface area contributed by atoms with Crippen molar-refractivity contribution in [3.8, 4) is 11.1 Å². The molecule has 1 aliphatic carbocycles. The number of ether oxygens (including phenoxy) is 2. The highest BCUT2D eigenvalue weighted by Gasteiger charge is 2.29. The van der Waals surface area contributed by atoms with Crippen molar-refractivity contribution < 1.29 is 29.0 Å². The van der Waals surface area contributed by atoms with E-state index in [0.29, 0.717) is 32.5 Å². The molecule has 2 amide bonds. The van der Waals surface area contributed by atoms with Crippen molar-refractivity contribution in [1.29, 1.82) is 0 Å². The van der Waals surface area contributed by atoms with Gasteiger partial charge in [-0.2, -0.15) is 0 Å². The zero-order valence-electron chi connectivity index (χ0n) is 19.9. The highest BCUT2D eigenvalue weighted by atomic mass is 16.5. The van der Waals surface area contributed by atoms with Crippen LogP contribution in [0.2, 0.25) is 0 Å². The van der Waals surface area contributed by atoms with Crippen LogP contribution in [0.3, 0.4) is 0 Å². The Morgan fingerprint density at radius 1 is 1.11 bits per heavy atom. The van der Waals surface area contributed by atoms with Crippen LogP contribution in [0.1, 0.15) is 36.8 Å². The van der Waals surface area contributed by atoms with E-state index in [-0.39, 0.29) is 37.5 Å². The molecule has 0 saturated carbocycles. The van der Waals surface area contributed by atoms with E-state index in [1.54, 1.807) is 4.90 Å². The minimum atomic E-state index is -0.954. The van der Waals surface area contributed by atoms with Crippen LogP contribution in [-0.4, -0.2) is 67.4 Å². The summed E-state index contributed by atoms with van der Waals surface area (Å²) >= 11 is 0. The van der Waals surface area contributed by atoms with Crippen molar-refractivity contribution in [3.05, 3.63) is 59.7 Å². The van der Waals surface area contributed by atoms with Crippen molar-refractivity contribution in [2.75, 3.05) is 39.5 Å². The second-order valence-electron chi connectivity index (χ2n) is 9.30. The molecule has 35 heavy (non-hydrogen) atoms. The predicted octanol–water partition coefficient (Wildman–Crippen LogP) is 3.50. The first-order valence-electron chi connectivity index (χ1n) is 12.1. The van der Waals surface area contributed by atoms with E-state index in [1.807, 2.05) is 31.2 Å². The summed E-state index contributed by atoms with van der Waals surface area (Å²) in [6.45, 7) is 3.63. The Balaban J connectivity index is 1.21. The maximum absolute atomic E-state index is 12.6. The second-order valence-corrected chi connectivity index (χ2v) is 9.30. The van der Waals surface area contributed by atoms with Gasteiger partial charge in [-0.05, 0) is 34.6 Å². The number of carboxylic acids is 1. The van der Waals surface area contributed by atoms with Crippen molar-refractivity contribution in [2.45, 2.75) is 25.7 Å². The van der Waals surface area contributed by atoms with Crippen molar-refractivity contribution in [1.82, 2.24) is 10.2 Å². The van der Waals surface area contributed by atoms with Gasteiger partial charge in [-0.25, -0.2) is 4.79 Å². The average molecular weight is 481 g/mol. The summed E-state index contributed by atoms with van der Waals surface area (Å²) in [5, 5.41) is 12.0. The molecule has 1 aliphatic heterocycles. The Bertz CT molecular complexity index is 1030. The lowest BCUT2D eigenvalue weighted by Crippen LogP contribution is -2.38. The lowest BCUT2D eigenvalue weighted by atomic mass is 9.98. The van der Waals surface area contributed by atoms with E-state index in [4.69, 9.17) is 9.47 Å². The highest BCUT2D eigenvalue weighted by Crippen LogP contribution is 2.44. The molecule has 2 N–H and O–H groups in total. The van der Waals surface area contributed by atoms with Crippen LogP contribution in [0.5, 0.6) is 0 Å². The van der Waals surface area contributed by atoms with Crippen molar-refractivity contribution in [2.24, 2.45) is 11.8 Å². The maximum atomic E-state index is 12.6. The zero-order valence-corrected chi connectivity index (χ0v) is 19.9. The zero-order chi connectivity index (χ0) is 24.8. The molecule has 2 aliphatic rings. The number of amides is 2. The highest BCUT2D eigenvalue weighted by molar-refractivity contribution is 5.79. The fourth-order valence-corrected chi connectivity index (χ4v) is 4.79. The fourth-order valence-electron chi connectivity index (χ4n) is 4.79. The normalized spacial score (nSPS) is 18.2. The van der Waals surface area contributed by atoms with Gasteiger partial charge in [0, 0.05) is 32.0 Å². The summed E-state index contributed by atoms with van der Waals surface area (Å²) in [5.74, 6) is -1.70. The van der Waals surface area contributed by atoms with Crippen LogP contribution in [0.15, 0.2) is 48.5 Å². The van der Waals surface area contributed by atoms with Gasteiger partial charge in [-0.3, -0.25) is 9.59 Å². The molecule has 0 radical (unpaired) electrons. The lowest BCUT2D eigenvalue weighted by Gasteiger charge is -2.23. The van der Waals surface area contributed by atoms with Crippen molar-refractivity contribution in [3.63, 3.8) is 0 Å². The van der Waals surface area contributed by atoms with Crippen LogP contribution < -0.4 is 5.32 Å². The van der Waals surface area contributed by atoms with Gasteiger partial charge in [0.25, 0.3) is 0 Å². The summed E-state index contributed by atoms with van der Waals surface area (Å²) < 4.78 is 10.9. The third-order valence-electron chi connectivity index (χ3n) is 6.74. The number of aliphatic carboxylic acids is 1. The number of carbonyl (C=O) groups is 3. The van der Waals surface area contributed by atoms with E-state index in [9.17, 15) is 19.5 Å². The minimum absolute atomic E-state index is 0.0110. The first-order valence-corrected chi connectivity index (χ1v) is 12.1. The molecule has 2 unspecified atom stereocenters. The Hall–Kier alpha value is -3.39. The van der Waals surface area contributed by atoms with Gasteiger partial charge in [0.1, 0.15) is 6.61 Å². The molecule has 186 valence electrons. The number of nitrogens with zero attached hydrogens (tertiary/aromatic N) is 1. The van der Waals surface area contributed by atoms with E-state index >= 15 is 0 Å². The summed E-state index contributed by atoms with van der Waals surface area (Å²) in [6.07, 6.45) is 0.431. The first-order chi connectivity index (χ1) is 16.9. The Morgan fingerprint density at radius 3 is 2.43 bits per heavy atom. The van der Waals surface area contributed by atoms with E-state index in [0.717, 1.165) is 11.1 Å². The van der Waals surface area contributed by atoms with Gasteiger partial charge in [0.15, 0.2) is 0 Å². The van der Waals surface area contributed by atoms with Gasteiger partial charge < -0.3 is 24.8 Å². The van der Waals surface area contributed by atoms with Gasteiger partial charge in [0.05, 0.1) is 19.1 Å². The van der Waals surface area contributed by atoms with Crippen LogP contribution in [0.4, 0.5) is 4.79 Å². The number of carboxylic acid groups (broad SMARTS) is 1. The number of nitrogens with one attached hydrogen (secondary N) is 1. The predicted molar refractivity (Wildman–Crippen MR) is 130 cm³/mol. The molecule has 8 nitrogen and oxygen atoms in total. The van der Waals surface area contributed by atoms with Crippen LogP contribution >= 0.6 is 0 Å². The number of rotatable bonds is 8. The Morgan fingerprint density at radius 2 is 1.77 bits per heavy atom. The Labute approximate surface area is 205 Å². The van der Waals surface area contributed by atoms with Crippen molar-refractivity contribution >= 4 is 18.0 Å². The number of benzene rings is 2. The topological polar surface area (TPSA) is 105 Å². The summed E-state index contributed by atoms with van der Waals surface area (Å²) in [4.78, 5) is 37.8. The minimum Gasteiger partial charge on any atom is -0.481 e. The monoisotopic (exact) mass is 480 g/mol. The third kappa shape index (κ3) is 6.00. The summed E-state index contributed by atoms with van der Waals surface area (Å²) in [7, 11) is 0. The molecule has 0 bridgehead atoms. The number of carbonyl (C=O) groups excluding carboxylic acids is 2. The van der Waals surface area contributed by atoms with Gasteiger partial charge >= 0.3 is 12.1 Å². The maximum Gasteiger partial charge on any atom is 0.407 e. The molecule has 4 rings (SSSR count). The average Bonchev–Trinajstić information content (AvgIpc) is 2.98. The number of alkyl carbamates (subject to hydrolysis) is 1. The number of hydrogen-bond acceptors (Lipinski definition) is 5. The molecule has 0 aromatic heterocycles. The van der Waals surface area contributed by atoms with E-state index < -0.39 is 18.0 Å². The molecule has 2 atom stereocenters. The fraction of sp³-hybridized carbons (Fsp3) is 0.444.